The van der Waals surface area contributed by atoms with Gasteiger partial charge in [0.1, 0.15) is 0 Å². The van der Waals surface area contributed by atoms with Crippen LogP contribution in [0.2, 0.25) is 0 Å². The van der Waals surface area contributed by atoms with Crippen molar-refractivity contribution in [2.45, 2.75) is 84.0 Å². The number of allylic oxidation sites excluding steroid dienone is 2. The lowest BCUT2D eigenvalue weighted by Crippen LogP contribution is -2.01. The van der Waals surface area contributed by atoms with E-state index in [1.807, 2.05) is 0 Å². The summed E-state index contributed by atoms with van der Waals surface area (Å²) < 4.78 is 4.93. The van der Waals surface area contributed by atoms with Crippen molar-refractivity contribution in [2.75, 3.05) is 6.61 Å². The molecule has 0 unspecified atom stereocenters. The Hall–Kier alpha value is -1.05. The largest absolute Gasteiger partial charge is 0.463 e. The molecule has 0 amide bonds. The van der Waals surface area contributed by atoms with Gasteiger partial charge in [-0.2, -0.15) is 0 Å². The monoisotopic (exact) mass is 294 g/mol. The van der Waals surface area contributed by atoms with Crippen LogP contribution in [0, 0.1) is 0 Å². The maximum absolute atomic E-state index is 10.8. The minimum atomic E-state index is -0.307. The molecular weight excluding hydrogens is 260 g/mol. The maximum atomic E-state index is 10.8. The van der Waals surface area contributed by atoms with Gasteiger partial charge in [0.15, 0.2) is 0 Å². The molecule has 0 bridgehead atoms. The highest BCUT2D eigenvalue weighted by atomic mass is 16.5. The summed E-state index contributed by atoms with van der Waals surface area (Å²) in [4.78, 5) is 10.8. The van der Waals surface area contributed by atoms with Crippen LogP contribution < -0.4 is 0 Å². The summed E-state index contributed by atoms with van der Waals surface area (Å²) in [6.07, 6.45) is 21.1. The lowest BCUT2D eigenvalue weighted by molar-refractivity contribution is -0.137. The molecule has 0 aliphatic carbocycles. The predicted molar refractivity (Wildman–Crippen MR) is 91.4 cm³/mol. The topological polar surface area (TPSA) is 26.3 Å². The molecule has 122 valence electrons. The van der Waals surface area contributed by atoms with Crippen LogP contribution in [0.3, 0.4) is 0 Å². The highest BCUT2D eigenvalue weighted by molar-refractivity contribution is 5.81. The minimum absolute atomic E-state index is 0.307. The Bertz CT molecular complexity index is 269. The number of rotatable bonds is 15. The summed E-state index contributed by atoms with van der Waals surface area (Å²) in [5, 5.41) is 0. The summed E-state index contributed by atoms with van der Waals surface area (Å²) in [5.74, 6) is -0.307. The van der Waals surface area contributed by atoms with Crippen molar-refractivity contribution in [3.05, 3.63) is 24.8 Å². The zero-order valence-corrected chi connectivity index (χ0v) is 13.9. The van der Waals surface area contributed by atoms with Crippen LogP contribution in [0.15, 0.2) is 24.8 Å². The first kappa shape index (κ1) is 19.9. The molecule has 0 atom stereocenters. The molecule has 0 fully saturated rings. The molecule has 0 spiro atoms. The van der Waals surface area contributed by atoms with Crippen molar-refractivity contribution in [2.24, 2.45) is 0 Å². The van der Waals surface area contributed by atoms with Crippen LogP contribution in [0.25, 0.3) is 0 Å². The second-order valence-electron chi connectivity index (χ2n) is 5.60. The zero-order valence-electron chi connectivity index (χ0n) is 13.9. The van der Waals surface area contributed by atoms with Crippen LogP contribution in [0.4, 0.5) is 0 Å². The summed E-state index contributed by atoms with van der Waals surface area (Å²) in [7, 11) is 0. The first-order valence-electron chi connectivity index (χ1n) is 8.75. The lowest BCUT2D eigenvalue weighted by Gasteiger charge is -2.02. The third-order valence-corrected chi connectivity index (χ3v) is 3.57. The van der Waals surface area contributed by atoms with E-state index in [0.29, 0.717) is 6.61 Å². The quantitative estimate of drug-likeness (QED) is 0.161. The fourth-order valence-corrected chi connectivity index (χ4v) is 2.21. The van der Waals surface area contributed by atoms with Crippen molar-refractivity contribution in [1.29, 1.82) is 0 Å². The zero-order chi connectivity index (χ0) is 15.6. The molecule has 2 nitrogen and oxygen atoms in total. The van der Waals surface area contributed by atoms with Crippen LogP contribution in [0.5, 0.6) is 0 Å². The second-order valence-corrected chi connectivity index (χ2v) is 5.60. The van der Waals surface area contributed by atoms with Gasteiger partial charge in [-0.15, -0.1) is 0 Å². The molecule has 0 radical (unpaired) electrons. The first-order valence-corrected chi connectivity index (χ1v) is 8.75. The molecule has 2 heteroatoms. The first-order chi connectivity index (χ1) is 10.3. The third kappa shape index (κ3) is 16.9. The highest BCUT2D eigenvalue weighted by Crippen LogP contribution is 2.10. The van der Waals surface area contributed by atoms with Crippen LogP contribution in [-0.4, -0.2) is 12.6 Å². The number of ether oxygens (including phenoxy) is 1. The molecule has 0 rings (SSSR count). The Kier molecular flexibility index (Phi) is 16.2. The van der Waals surface area contributed by atoms with Gasteiger partial charge >= 0.3 is 5.97 Å². The van der Waals surface area contributed by atoms with Gasteiger partial charge < -0.3 is 4.74 Å². The number of unbranched alkanes of at least 4 members (excludes halogenated alkanes) is 10. The van der Waals surface area contributed by atoms with Crippen LogP contribution >= 0.6 is 0 Å². The van der Waals surface area contributed by atoms with E-state index in [1.165, 1.54) is 70.3 Å². The van der Waals surface area contributed by atoms with E-state index < -0.39 is 0 Å². The molecule has 0 aromatic carbocycles. The van der Waals surface area contributed by atoms with Gasteiger partial charge in [-0.05, 0) is 25.7 Å². The number of carbonyl (C=O) groups excluding carboxylic acids is 1. The smallest absolute Gasteiger partial charge is 0.330 e. The summed E-state index contributed by atoms with van der Waals surface area (Å²) in [5.41, 5.74) is 0. The third-order valence-electron chi connectivity index (χ3n) is 3.57. The second kappa shape index (κ2) is 17.0. The van der Waals surface area contributed by atoms with Crippen molar-refractivity contribution in [1.82, 2.24) is 0 Å². The molecule has 0 N–H and O–H groups in total. The lowest BCUT2D eigenvalue weighted by atomic mass is 10.1. The summed E-state index contributed by atoms with van der Waals surface area (Å²) in [6.45, 7) is 6.14. The van der Waals surface area contributed by atoms with E-state index in [2.05, 4.69) is 25.7 Å². The predicted octanol–water partition coefficient (Wildman–Crippen LogP) is 5.97. The molecule has 21 heavy (non-hydrogen) atoms. The van der Waals surface area contributed by atoms with Gasteiger partial charge in [0.2, 0.25) is 0 Å². The Morgan fingerprint density at radius 2 is 1.38 bits per heavy atom. The van der Waals surface area contributed by atoms with Gasteiger partial charge in [0.25, 0.3) is 0 Å². The van der Waals surface area contributed by atoms with E-state index in [0.717, 1.165) is 12.8 Å². The van der Waals surface area contributed by atoms with Gasteiger partial charge in [-0.3, -0.25) is 0 Å². The number of hydrogen-bond donors (Lipinski definition) is 0. The van der Waals surface area contributed by atoms with E-state index in [-0.39, 0.29) is 5.97 Å². The maximum Gasteiger partial charge on any atom is 0.330 e. The van der Waals surface area contributed by atoms with Crippen molar-refractivity contribution in [3.63, 3.8) is 0 Å². The van der Waals surface area contributed by atoms with Gasteiger partial charge in [-0.1, -0.05) is 77.0 Å². The van der Waals surface area contributed by atoms with E-state index >= 15 is 0 Å². The molecule has 0 heterocycles. The average Bonchev–Trinajstić information content (AvgIpc) is 2.50. The van der Waals surface area contributed by atoms with Crippen molar-refractivity contribution >= 4 is 5.97 Å². The number of esters is 1. The Balaban J connectivity index is 3.07. The van der Waals surface area contributed by atoms with Crippen LogP contribution in [0.1, 0.15) is 84.0 Å². The normalized spacial score (nSPS) is 10.9. The molecule has 0 saturated carbocycles. The minimum Gasteiger partial charge on any atom is -0.463 e. The SMILES string of the molecule is C=CC(=O)OCCCCCCCCCC/C=C/CCCC. The molecule has 0 saturated heterocycles. The fourth-order valence-electron chi connectivity index (χ4n) is 2.21. The van der Waals surface area contributed by atoms with E-state index in [1.54, 1.807) is 0 Å². The van der Waals surface area contributed by atoms with Crippen LogP contribution in [-0.2, 0) is 9.53 Å². The molecule has 0 aromatic rings. The van der Waals surface area contributed by atoms with E-state index in [9.17, 15) is 4.79 Å². The van der Waals surface area contributed by atoms with Gasteiger partial charge in [0.05, 0.1) is 6.61 Å². The summed E-state index contributed by atoms with van der Waals surface area (Å²) >= 11 is 0. The number of hydrogen-bond acceptors (Lipinski definition) is 2. The van der Waals surface area contributed by atoms with E-state index in [4.69, 9.17) is 4.74 Å². The number of carbonyl (C=O) groups is 1. The average molecular weight is 294 g/mol. The summed E-state index contributed by atoms with van der Waals surface area (Å²) in [6, 6.07) is 0. The molecule has 0 aliphatic heterocycles. The molecular formula is C19H34O2. The fraction of sp³-hybridized carbons (Fsp3) is 0.737. The van der Waals surface area contributed by atoms with Crippen molar-refractivity contribution in [3.8, 4) is 0 Å². The Labute approximate surface area is 131 Å². The van der Waals surface area contributed by atoms with Gasteiger partial charge in [0, 0.05) is 6.08 Å². The molecule has 0 aliphatic rings. The standard InChI is InChI=1S/C19H34O2/c1-3-5-6-7-8-9-10-11-12-13-14-15-16-17-18-21-19(20)4-2/h4,7-8H,2-3,5-6,9-18H2,1H3/b8-7+. The highest BCUT2D eigenvalue weighted by Gasteiger charge is 1.95. The van der Waals surface area contributed by atoms with Crippen molar-refractivity contribution < 1.29 is 9.53 Å². The van der Waals surface area contributed by atoms with Gasteiger partial charge in [-0.25, -0.2) is 4.79 Å². The molecule has 0 aromatic heterocycles. The Morgan fingerprint density at radius 3 is 1.95 bits per heavy atom. The Morgan fingerprint density at radius 1 is 0.857 bits per heavy atom.